The Kier molecular flexibility index (Phi) is 10.5. The summed E-state index contributed by atoms with van der Waals surface area (Å²) < 4.78 is 13.9. The van der Waals surface area contributed by atoms with Gasteiger partial charge in [0.1, 0.15) is 5.82 Å². The van der Waals surface area contributed by atoms with Gasteiger partial charge >= 0.3 is 12.1 Å². The molecule has 0 spiro atoms. The highest BCUT2D eigenvalue weighted by Crippen LogP contribution is 2.16. The van der Waals surface area contributed by atoms with Crippen LogP contribution in [0.3, 0.4) is 0 Å². The predicted molar refractivity (Wildman–Crippen MR) is 111 cm³/mol. The lowest BCUT2D eigenvalue weighted by molar-refractivity contribution is 0.217. The largest absolute Gasteiger partial charge is 0.345 e. The summed E-state index contributed by atoms with van der Waals surface area (Å²) in [5.74, 6) is -0.515. The van der Waals surface area contributed by atoms with E-state index in [2.05, 4.69) is 17.2 Å². The topological polar surface area (TPSA) is 65.0 Å². The summed E-state index contributed by atoms with van der Waals surface area (Å²) in [5.41, 5.74) is 0.0934. The van der Waals surface area contributed by atoms with Crippen LogP contribution in [0.2, 0.25) is 0 Å². The number of halogens is 1. The Hall–Kier alpha value is -2.09. The molecule has 0 bridgehead atoms. The summed E-state index contributed by atoms with van der Waals surface area (Å²) in [6.07, 6.45) is 5.23. The van der Waals surface area contributed by atoms with Gasteiger partial charge in [0, 0.05) is 20.1 Å². The number of benzene rings is 1. The molecule has 0 atom stereocenters. The van der Waals surface area contributed by atoms with Crippen LogP contribution in [-0.4, -0.2) is 53.4 Å². The van der Waals surface area contributed by atoms with Crippen LogP contribution in [0.5, 0.6) is 0 Å². The van der Waals surface area contributed by atoms with E-state index >= 15 is 0 Å². The molecule has 0 saturated carbocycles. The number of urea groups is 2. The number of aliphatic imine (C=N–C) groups is 1. The van der Waals surface area contributed by atoms with Crippen molar-refractivity contribution in [3.63, 3.8) is 0 Å². The highest BCUT2D eigenvalue weighted by atomic mass is 32.2. The second-order valence-electron chi connectivity index (χ2n) is 6.07. The van der Waals surface area contributed by atoms with E-state index in [0.717, 1.165) is 25.7 Å². The van der Waals surface area contributed by atoms with Crippen LogP contribution >= 0.6 is 11.8 Å². The number of para-hydroxylation sites is 1. The van der Waals surface area contributed by atoms with E-state index < -0.39 is 17.9 Å². The molecule has 150 valence electrons. The lowest BCUT2D eigenvalue weighted by atomic mass is 10.3. The molecule has 0 radical (unpaired) electrons. The molecule has 0 fully saturated rings. The molecule has 27 heavy (non-hydrogen) atoms. The minimum absolute atomic E-state index is 0.0934. The highest BCUT2D eigenvalue weighted by molar-refractivity contribution is 8.13. The molecule has 1 aromatic carbocycles. The van der Waals surface area contributed by atoms with Crippen molar-refractivity contribution in [1.82, 2.24) is 9.80 Å². The average Bonchev–Trinajstić information content (AvgIpc) is 2.66. The number of amides is 4. The quantitative estimate of drug-likeness (QED) is 0.519. The predicted octanol–water partition coefficient (Wildman–Crippen LogP) is 5.03. The van der Waals surface area contributed by atoms with Crippen molar-refractivity contribution < 1.29 is 14.0 Å². The second kappa shape index (κ2) is 12.3. The lowest BCUT2D eigenvalue weighted by Crippen LogP contribution is -2.40. The van der Waals surface area contributed by atoms with Gasteiger partial charge in [0.15, 0.2) is 5.17 Å². The number of rotatable bonds is 7. The molecule has 0 aliphatic heterocycles. The number of hydrogen-bond donors (Lipinski definition) is 1. The Bertz CT molecular complexity index is 654. The van der Waals surface area contributed by atoms with E-state index in [1.54, 1.807) is 25.4 Å². The van der Waals surface area contributed by atoms with Gasteiger partial charge in [-0.05, 0) is 31.2 Å². The zero-order valence-corrected chi connectivity index (χ0v) is 17.3. The number of hydrogen-bond acceptors (Lipinski definition) is 3. The first-order valence-electron chi connectivity index (χ1n) is 9.15. The van der Waals surface area contributed by atoms with Crippen molar-refractivity contribution in [2.75, 3.05) is 31.7 Å². The fourth-order valence-corrected chi connectivity index (χ4v) is 2.78. The zero-order valence-electron chi connectivity index (χ0n) is 16.5. The normalized spacial score (nSPS) is 11.2. The molecule has 0 aromatic heterocycles. The van der Waals surface area contributed by atoms with Gasteiger partial charge in [-0.25, -0.2) is 14.0 Å². The van der Waals surface area contributed by atoms with Gasteiger partial charge in [0.2, 0.25) is 0 Å². The third kappa shape index (κ3) is 7.58. The van der Waals surface area contributed by atoms with Crippen LogP contribution in [-0.2, 0) is 0 Å². The Balaban J connectivity index is 2.99. The number of amidine groups is 1. The Labute approximate surface area is 165 Å². The molecule has 1 rings (SSSR count). The number of carbonyl (C=O) groups excluding carboxylic acids is 2. The molecule has 0 aliphatic carbocycles. The number of unbranched alkanes of at least 4 members (excludes halogenated alkanes) is 2. The molecular formula is C19H29FN4O2S. The maximum atomic E-state index is 13.9. The van der Waals surface area contributed by atoms with Crippen molar-refractivity contribution in [3.05, 3.63) is 30.1 Å². The Morgan fingerprint density at radius 2 is 1.78 bits per heavy atom. The van der Waals surface area contributed by atoms with E-state index in [1.807, 2.05) is 6.92 Å². The number of nitrogens with zero attached hydrogens (tertiary/aromatic N) is 3. The fraction of sp³-hybridized carbons (Fsp3) is 0.526. The summed E-state index contributed by atoms with van der Waals surface area (Å²) in [6.45, 7) is 5.06. The van der Waals surface area contributed by atoms with E-state index in [9.17, 15) is 14.0 Å². The molecule has 0 unspecified atom stereocenters. The SMILES string of the molecule is CCCCN(C)C(=O)N=C(SC)N(CCCC)C(=O)Nc1ccccc1F. The highest BCUT2D eigenvalue weighted by Gasteiger charge is 2.21. The Morgan fingerprint density at radius 1 is 1.15 bits per heavy atom. The second-order valence-corrected chi connectivity index (χ2v) is 6.84. The van der Waals surface area contributed by atoms with Crippen molar-refractivity contribution in [2.45, 2.75) is 39.5 Å². The summed E-state index contributed by atoms with van der Waals surface area (Å²) in [5, 5.41) is 2.86. The van der Waals surface area contributed by atoms with Gasteiger partial charge in [-0.2, -0.15) is 4.99 Å². The molecular weight excluding hydrogens is 367 g/mol. The monoisotopic (exact) mass is 396 g/mol. The first-order chi connectivity index (χ1) is 12.9. The van der Waals surface area contributed by atoms with E-state index in [-0.39, 0.29) is 5.69 Å². The number of carbonyl (C=O) groups is 2. The minimum Gasteiger partial charge on any atom is -0.326 e. The first kappa shape index (κ1) is 23.0. The van der Waals surface area contributed by atoms with Crippen LogP contribution in [0.15, 0.2) is 29.3 Å². The van der Waals surface area contributed by atoms with Crippen LogP contribution in [0, 0.1) is 5.82 Å². The van der Waals surface area contributed by atoms with E-state index in [0.29, 0.717) is 18.3 Å². The van der Waals surface area contributed by atoms with Gasteiger partial charge in [0.25, 0.3) is 0 Å². The molecule has 4 amide bonds. The smallest absolute Gasteiger partial charge is 0.326 e. The molecule has 6 nitrogen and oxygen atoms in total. The molecule has 0 heterocycles. The maximum absolute atomic E-state index is 13.9. The summed E-state index contributed by atoms with van der Waals surface area (Å²) >= 11 is 1.21. The van der Waals surface area contributed by atoms with Gasteiger partial charge in [0.05, 0.1) is 5.69 Å². The van der Waals surface area contributed by atoms with Crippen LogP contribution < -0.4 is 5.32 Å². The zero-order chi connectivity index (χ0) is 20.2. The van der Waals surface area contributed by atoms with Crippen molar-refractivity contribution in [3.8, 4) is 0 Å². The molecule has 8 heteroatoms. The number of anilines is 1. The summed E-state index contributed by atoms with van der Waals surface area (Å²) in [4.78, 5) is 32.1. The van der Waals surface area contributed by atoms with Gasteiger partial charge in [-0.15, -0.1) is 0 Å². The molecule has 1 N–H and O–H groups in total. The van der Waals surface area contributed by atoms with Gasteiger partial charge in [-0.3, -0.25) is 4.90 Å². The molecule has 0 saturated heterocycles. The Morgan fingerprint density at radius 3 is 2.37 bits per heavy atom. The van der Waals surface area contributed by atoms with Crippen LogP contribution in [0.25, 0.3) is 0 Å². The van der Waals surface area contributed by atoms with Gasteiger partial charge < -0.3 is 10.2 Å². The van der Waals surface area contributed by atoms with Crippen LogP contribution in [0.4, 0.5) is 19.7 Å². The molecule has 1 aromatic rings. The number of thioether (sulfide) groups is 1. The first-order valence-corrected chi connectivity index (χ1v) is 10.4. The summed E-state index contributed by atoms with van der Waals surface area (Å²) in [6, 6.07) is 5.07. The van der Waals surface area contributed by atoms with Crippen molar-refractivity contribution in [2.24, 2.45) is 4.99 Å². The van der Waals surface area contributed by atoms with Crippen molar-refractivity contribution >= 4 is 34.7 Å². The summed E-state index contributed by atoms with van der Waals surface area (Å²) in [7, 11) is 1.69. The van der Waals surface area contributed by atoms with E-state index in [1.165, 1.54) is 33.7 Å². The third-order valence-electron chi connectivity index (χ3n) is 3.87. The van der Waals surface area contributed by atoms with Gasteiger partial charge in [-0.1, -0.05) is 50.6 Å². The third-order valence-corrected chi connectivity index (χ3v) is 4.55. The minimum atomic E-state index is -0.515. The lowest BCUT2D eigenvalue weighted by Gasteiger charge is -2.24. The van der Waals surface area contributed by atoms with Crippen LogP contribution in [0.1, 0.15) is 39.5 Å². The van der Waals surface area contributed by atoms with E-state index in [4.69, 9.17) is 0 Å². The van der Waals surface area contributed by atoms with Crippen molar-refractivity contribution in [1.29, 1.82) is 0 Å². The fourth-order valence-electron chi connectivity index (χ4n) is 2.22. The maximum Gasteiger partial charge on any atom is 0.345 e. The standard InChI is InChI=1S/C19H29FN4O2S/c1-5-7-13-23(3)17(25)22-19(27-4)24(14-8-6-2)18(26)21-16-12-10-9-11-15(16)20/h9-12H,5-8,13-14H2,1-4H3,(H,21,26). The molecule has 0 aliphatic rings. The average molecular weight is 397 g/mol. The number of nitrogens with one attached hydrogen (secondary N) is 1.